The Morgan fingerprint density at radius 1 is 1.22 bits per heavy atom. The van der Waals surface area contributed by atoms with Crippen molar-refractivity contribution in [1.29, 1.82) is 0 Å². The second-order valence-corrected chi connectivity index (χ2v) is 6.20. The number of hydrogen-bond acceptors (Lipinski definition) is 3. The Kier molecular flexibility index (Phi) is 7.74. The third-order valence-corrected chi connectivity index (χ3v) is 4.07. The van der Waals surface area contributed by atoms with Crippen molar-refractivity contribution in [2.45, 2.75) is 32.7 Å². The van der Waals surface area contributed by atoms with E-state index in [-0.39, 0.29) is 24.8 Å². The lowest BCUT2D eigenvalue weighted by Crippen LogP contribution is -2.45. The lowest BCUT2D eigenvalue weighted by Gasteiger charge is -2.20. The Morgan fingerprint density at radius 3 is 2.35 bits per heavy atom. The average Bonchev–Trinajstić information content (AvgIpc) is 2.52. The van der Waals surface area contributed by atoms with Gasteiger partial charge in [-0.05, 0) is 30.2 Å². The van der Waals surface area contributed by atoms with Gasteiger partial charge < -0.3 is 15.7 Å². The van der Waals surface area contributed by atoms with Gasteiger partial charge in [0, 0.05) is 23.0 Å². The van der Waals surface area contributed by atoms with Gasteiger partial charge >= 0.3 is 5.97 Å². The molecular formula is C16H21BrN2O4. The molecule has 0 spiro atoms. The molecule has 0 radical (unpaired) electrons. The van der Waals surface area contributed by atoms with Crippen LogP contribution in [0.25, 0.3) is 0 Å². The summed E-state index contributed by atoms with van der Waals surface area (Å²) >= 11 is 3.29. The maximum atomic E-state index is 11.9. The average molecular weight is 385 g/mol. The van der Waals surface area contributed by atoms with E-state index in [0.29, 0.717) is 12.0 Å². The maximum absolute atomic E-state index is 11.9. The van der Waals surface area contributed by atoms with Crippen molar-refractivity contribution < 1.29 is 19.5 Å². The first-order valence-corrected chi connectivity index (χ1v) is 8.20. The van der Waals surface area contributed by atoms with Crippen LogP contribution in [0.1, 0.15) is 37.0 Å². The molecule has 6 nitrogen and oxygen atoms in total. The molecule has 0 heterocycles. The zero-order valence-corrected chi connectivity index (χ0v) is 14.7. The predicted molar refractivity (Wildman–Crippen MR) is 90.1 cm³/mol. The molecule has 0 saturated carbocycles. The maximum Gasteiger partial charge on any atom is 0.326 e. The topological polar surface area (TPSA) is 95.5 Å². The third-order valence-electron chi connectivity index (χ3n) is 3.54. The Labute approximate surface area is 143 Å². The van der Waals surface area contributed by atoms with E-state index in [4.69, 9.17) is 5.11 Å². The SMILES string of the molecule is CC[C@H](C)[C@H](NC(=O)CCNC(=O)c1ccc(Br)cc1)C(=O)O. The summed E-state index contributed by atoms with van der Waals surface area (Å²) in [4.78, 5) is 34.8. The fourth-order valence-electron chi connectivity index (χ4n) is 1.92. The Balaban J connectivity index is 2.42. The van der Waals surface area contributed by atoms with E-state index in [2.05, 4.69) is 26.6 Å². The highest BCUT2D eigenvalue weighted by Crippen LogP contribution is 2.10. The summed E-state index contributed by atoms with van der Waals surface area (Å²) < 4.78 is 0.873. The molecule has 2 atom stereocenters. The normalized spacial score (nSPS) is 13.0. The molecule has 1 rings (SSSR count). The minimum atomic E-state index is -1.05. The molecule has 23 heavy (non-hydrogen) atoms. The van der Waals surface area contributed by atoms with Gasteiger partial charge in [0.25, 0.3) is 5.91 Å². The van der Waals surface area contributed by atoms with Crippen LogP contribution in [0.5, 0.6) is 0 Å². The van der Waals surface area contributed by atoms with Crippen LogP contribution in [0.4, 0.5) is 0 Å². The molecule has 0 aliphatic carbocycles. The number of aliphatic carboxylic acids is 1. The van der Waals surface area contributed by atoms with Crippen molar-refractivity contribution in [3.8, 4) is 0 Å². The molecule has 1 aromatic carbocycles. The quantitative estimate of drug-likeness (QED) is 0.639. The van der Waals surface area contributed by atoms with Gasteiger partial charge in [0.15, 0.2) is 0 Å². The third kappa shape index (κ3) is 6.40. The van der Waals surface area contributed by atoms with Crippen molar-refractivity contribution in [3.05, 3.63) is 34.3 Å². The summed E-state index contributed by atoms with van der Waals surface area (Å²) in [5, 5.41) is 14.2. The number of benzene rings is 1. The molecule has 126 valence electrons. The fraction of sp³-hybridized carbons (Fsp3) is 0.438. The second-order valence-electron chi connectivity index (χ2n) is 5.28. The van der Waals surface area contributed by atoms with Crippen LogP contribution in [-0.4, -0.2) is 35.5 Å². The second kappa shape index (κ2) is 9.29. The Bertz CT molecular complexity index is 560. The van der Waals surface area contributed by atoms with Crippen LogP contribution in [-0.2, 0) is 9.59 Å². The highest BCUT2D eigenvalue weighted by Gasteiger charge is 2.24. The summed E-state index contributed by atoms with van der Waals surface area (Å²) in [5.74, 6) is -1.88. The van der Waals surface area contributed by atoms with E-state index < -0.39 is 17.9 Å². The van der Waals surface area contributed by atoms with Crippen molar-refractivity contribution in [3.63, 3.8) is 0 Å². The molecule has 0 saturated heterocycles. The minimum absolute atomic E-state index is 0.0302. The number of amides is 2. The van der Waals surface area contributed by atoms with Gasteiger partial charge in [-0.15, -0.1) is 0 Å². The van der Waals surface area contributed by atoms with Crippen LogP contribution in [0, 0.1) is 5.92 Å². The lowest BCUT2D eigenvalue weighted by atomic mass is 9.99. The number of carbonyl (C=O) groups is 3. The number of halogens is 1. The van der Waals surface area contributed by atoms with Gasteiger partial charge in [0.1, 0.15) is 6.04 Å². The van der Waals surface area contributed by atoms with Gasteiger partial charge in [0.05, 0.1) is 0 Å². The van der Waals surface area contributed by atoms with Gasteiger partial charge in [0.2, 0.25) is 5.91 Å². The van der Waals surface area contributed by atoms with E-state index >= 15 is 0 Å². The molecule has 0 aliphatic rings. The summed E-state index contributed by atoms with van der Waals surface area (Å²) in [5.41, 5.74) is 0.497. The van der Waals surface area contributed by atoms with Crippen molar-refractivity contribution in [1.82, 2.24) is 10.6 Å². The number of carbonyl (C=O) groups excluding carboxylic acids is 2. The van der Waals surface area contributed by atoms with E-state index in [1.807, 2.05) is 6.92 Å². The first-order valence-electron chi connectivity index (χ1n) is 7.41. The van der Waals surface area contributed by atoms with Crippen LogP contribution in [0.3, 0.4) is 0 Å². The standard InChI is InChI=1S/C16H21BrN2O4/c1-3-10(2)14(16(22)23)19-13(20)8-9-18-15(21)11-4-6-12(17)7-5-11/h4-7,10,14H,3,8-9H2,1-2H3,(H,18,21)(H,19,20)(H,22,23)/t10-,14-/m0/s1. The van der Waals surface area contributed by atoms with Crippen molar-refractivity contribution in [2.24, 2.45) is 5.92 Å². The zero-order chi connectivity index (χ0) is 17.4. The molecular weight excluding hydrogens is 364 g/mol. The molecule has 7 heteroatoms. The summed E-state index contributed by atoms with van der Waals surface area (Å²) in [7, 11) is 0. The molecule has 0 unspecified atom stereocenters. The monoisotopic (exact) mass is 384 g/mol. The van der Waals surface area contributed by atoms with E-state index in [0.717, 1.165) is 4.47 Å². The molecule has 0 fully saturated rings. The van der Waals surface area contributed by atoms with Gasteiger partial charge in [-0.25, -0.2) is 4.79 Å². The molecule has 1 aromatic rings. The molecule has 2 amide bonds. The van der Waals surface area contributed by atoms with E-state index in [1.54, 1.807) is 31.2 Å². The number of rotatable bonds is 8. The first kappa shape index (κ1) is 19.2. The fourth-order valence-corrected chi connectivity index (χ4v) is 2.19. The Morgan fingerprint density at radius 2 is 1.83 bits per heavy atom. The molecule has 0 aliphatic heterocycles. The van der Waals surface area contributed by atoms with E-state index in [9.17, 15) is 14.4 Å². The zero-order valence-electron chi connectivity index (χ0n) is 13.1. The summed E-state index contributed by atoms with van der Waals surface area (Å²) in [6, 6.07) is 5.94. The summed E-state index contributed by atoms with van der Waals surface area (Å²) in [6.45, 7) is 3.78. The predicted octanol–water partition coefficient (Wildman–Crippen LogP) is 2.18. The van der Waals surface area contributed by atoms with Crippen molar-refractivity contribution in [2.75, 3.05) is 6.54 Å². The number of nitrogens with one attached hydrogen (secondary N) is 2. The minimum Gasteiger partial charge on any atom is -0.480 e. The van der Waals surface area contributed by atoms with Crippen LogP contribution in [0.2, 0.25) is 0 Å². The molecule has 3 N–H and O–H groups in total. The highest BCUT2D eigenvalue weighted by molar-refractivity contribution is 9.10. The number of hydrogen-bond donors (Lipinski definition) is 3. The molecule has 0 aromatic heterocycles. The lowest BCUT2D eigenvalue weighted by molar-refractivity contribution is -0.143. The Hall–Kier alpha value is -1.89. The summed E-state index contributed by atoms with van der Waals surface area (Å²) in [6.07, 6.45) is 0.681. The van der Waals surface area contributed by atoms with E-state index in [1.165, 1.54) is 0 Å². The van der Waals surface area contributed by atoms with Gasteiger partial charge in [-0.3, -0.25) is 9.59 Å². The smallest absolute Gasteiger partial charge is 0.326 e. The number of carboxylic acid groups (broad SMARTS) is 1. The van der Waals surface area contributed by atoms with Gasteiger partial charge in [-0.2, -0.15) is 0 Å². The van der Waals surface area contributed by atoms with Crippen LogP contribution < -0.4 is 10.6 Å². The first-order chi connectivity index (χ1) is 10.8. The largest absolute Gasteiger partial charge is 0.480 e. The molecule has 0 bridgehead atoms. The number of carboxylic acids is 1. The van der Waals surface area contributed by atoms with Crippen LogP contribution >= 0.6 is 15.9 Å². The van der Waals surface area contributed by atoms with Crippen molar-refractivity contribution >= 4 is 33.7 Å². The highest BCUT2D eigenvalue weighted by atomic mass is 79.9. The van der Waals surface area contributed by atoms with Crippen LogP contribution in [0.15, 0.2) is 28.7 Å². The van der Waals surface area contributed by atoms with Gasteiger partial charge in [-0.1, -0.05) is 36.2 Å².